The Hall–Kier alpha value is -0.850. The molecule has 0 aliphatic heterocycles. The molecule has 0 fully saturated rings. The molecule has 2 aromatic rings. The van der Waals surface area contributed by atoms with Crippen molar-refractivity contribution in [1.29, 1.82) is 0 Å². The third-order valence-electron chi connectivity index (χ3n) is 3.02. The molecule has 0 radical (unpaired) electrons. The van der Waals surface area contributed by atoms with Gasteiger partial charge in [0.15, 0.2) is 0 Å². The molecule has 1 atom stereocenters. The molecule has 112 valence electrons. The van der Waals surface area contributed by atoms with Crippen LogP contribution in [0.4, 0.5) is 13.2 Å². The first-order chi connectivity index (χ1) is 9.77. The molecule has 6 heteroatoms. The Morgan fingerprint density at radius 1 is 1.05 bits per heavy atom. The second-order valence-corrected chi connectivity index (χ2v) is 6.35. The number of halogens is 5. The molecule has 0 unspecified atom stereocenters. The van der Waals surface area contributed by atoms with Gasteiger partial charge < -0.3 is 5.11 Å². The number of alkyl halides is 3. The third kappa shape index (κ3) is 4.31. The van der Waals surface area contributed by atoms with E-state index in [1.165, 1.54) is 6.07 Å². The first-order valence-electron chi connectivity index (χ1n) is 6.06. The summed E-state index contributed by atoms with van der Waals surface area (Å²) < 4.78 is 39.5. The number of rotatable bonds is 3. The van der Waals surface area contributed by atoms with Gasteiger partial charge in [0, 0.05) is 15.4 Å². The maximum absolute atomic E-state index is 12.7. The number of benzene rings is 2. The molecule has 0 amide bonds. The summed E-state index contributed by atoms with van der Waals surface area (Å²) >= 11 is 6.52. The zero-order valence-electron chi connectivity index (χ0n) is 10.7. The molecular weight excluding hydrogens is 413 g/mol. The van der Waals surface area contributed by atoms with Crippen molar-refractivity contribution in [2.24, 2.45) is 0 Å². The molecule has 0 bridgehead atoms. The molecule has 0 aromatic heterocycles. The van der Waals surface area contributed by atoms with Crippen LogP contribution >= 0.6 is 31.9 Å². The van der Waals surface area contributed by atoms with Gasteiger partial charge in [0.1, 0.15) is 0 Å². The average molecular weight is 424 g/mol. The highest BCUT2D eigenvalue weighted by Crippen LogP contribution is 2.33. The molecule has 0 saturated carbocycles. The molecule has 2 aromatic carbocycles. The van der Waals surface area contributed by atoms with Gasteiger partial charge >= 0.3 is 6.18 Å². The van der Waals surface area contributed by atoms with Crippen LogP contribution in [0.5, 0.6) is 0 Å². The molecule has 0 heterocycles. The summed E-state index contributed by atoms with van der Waals surface area (Å²) in [4.78, 5) is 0. The van der Waals surface area contributed by atoms with Crippen molar-refractivity contribution in [3.05, 3.63) is 68.1 Å². The zero-order valence-corrected chi connectivity index (χ0v) is 13.8. The lowest BCUT2D eigenvalue weighted by molar-refractivity contribution is -0.137. The van der Waals surface area contributed by atoms with Crippen LogP contribution in [0.2, 0.25) is 0 Å². The van der Waals surface area contributed by atoms with E-state index in [9.17, 15) is 18.3 Å². The van der Waals surface area contributed by atoms with Crippen molar-refractivity contribution >= 4 is 31.9 Å². The summed E-state index contributed by atoms with van der Waals surface area (Å²) in [5, 5.41) is 10.2. The van der Waals surface area contributed by atoms with E-state index >= 15 is 0 Å². The van der Waals surface area contributed by atoms with Crippen LogP contribution < -0.4 is 0 Å². The SMILES string of the molecule is O[C@@H](Cc1cc(C(F)(F)F)ccc1Br)c1cccc(Br)c1. The predicted octanol–water partition coefficient (Wildman–Crippen LogP) is 5.51. The lowest BCUT2D eigenvalue weighted by Gasteiger charge is -2.15. The maximum atomic E-state index is 12.7. The van der Waals surface area contributed by atoms with Crippen molar-refractivity contribution in [3.63, 3.8) is 0 Å². The van der Waals surface area contributed by atoms with Crippen LogP contribution in [0.1, 0.15) is 22.8 Å². The highest BCUT2D eigenvalue weighted by atomic mass is 79.9. The lowest BCUT2D eigenvalue weighted by atomic mass is 10.00. The van der Waals surface area contributed by atoms with E-state index in [0.717, 1.165) is 16.6 Å². The minimum atomic E-state index is -4.39. The molecule has 0 saturated heterocycles. The molecule has 1 N–H and O–H groups in total. The van der Waals surface area contributed by atoms with E-state index in [0.29, 0.717) is 15.6 Å². The third-order valence-corrected chi connectivity index (χ3v) is 4.29. The fourth-order valence-electron chi connectivity index (χ4n) is 1.95. The molecular formula is C15H11Br2F3O. The van der Waals surface area contributed by atoms with Crippen molar-refractivity contribution in [2.45, 2.75) is 18.7 Å². The number of aliphatic hydroxyl groups excluding tert-OH is 1. The van der Waals surface area contributed by atoms with Crippen molar-refractivity contribution in [2.75, 3.05) is 0 Å². The Morgan fingerprint density at radius 2 is 1.76 bits per heavy atom. The first-order valence-corrected chi connectivity index (χ1v) is 7.65. The summed E-state index contributed by atoms with van der Waals surface area (Å²) in [6, 6.07) is 10.5. The van der Waals surface area contributed by atoms with E-state index in [4.69, 9.17) is 0 Å². The first kappa shape index (κ1) is 16.5. The molecule has 0 aliphatic rings. The summed E-state index contributed by atoms with van der Waals surface area (Å²) in [7, 11) is 0. The van der Waals surface area contributed by atoms with Gasteiger partial charge in [0.05, 0.1) is 11.7 Å². The lowest BCUT2D eigenvalue weighted by Crippen LogP contribution is -2.08. The van der Waals surface area contributed by atoms with Crippen molar-refractivity contribution < 1.29 is 18.3 Å². The van der Waals surface area contributed by atoms with E-state index < -0.39 is 17.8 Å². The fourth-order valence-corrected chi connectivity index (χ4v) is 2.77. The van der Waals surface area contributed by atoms with Crippen LogP contribution in [-0.2, 0) is 12.6 Å². The van der Waals surface area contributed by atoms with Gasteiger partial charge in [0.2, 0.25) is 0 Å². The van der Waals surface area contributed by atoms with Gasteiger partial charge in [-0.05, 0) is 41.5 Å². The molecule has 0 aliphatic carbocycles. The largest absolute Gasteiger partial charge is 0.416 e. The Kier molecular flexibility index (Phi) is 5.11. The number of aliphatic hydroxyl groups is 1. The van der Waals surface area contributed by atoms with E-state index in [1.54, 1.807) is 18.2 Å². The van der Waals surface area contributed by atoms with Crippen LogP contribution in [-0.4, -0.2) is 5.11 Å². The summed E-state index contributed by atoms with van der Waals surface area (Å²) in [5.74, 6) is 0. The second-order valence-electron chi connectivity index (χ2n) is 4.58. The topological polar surface area (TPSA) is 20.2 Å². The van der Waals surface area contributed by atoms with Gasteiger partial charge in [-0.1, -0.05) is 44.0 Å². The fraction of sp³-hybridized carbons (Fsp3) is 0.200. The Balaban J connectivity index is 2.26. The second kappa shape index (κ2) is 6.50. The van der Waals surface area contributed by atoms with E-state index in [-0.39, 0.29) is 6.42 Å². The van der Waals surface area contributed by atoms with Gasteiger partial charge in [-0.15, -0.1) is 0 Å². The number of hydrogen-bond donors (Lipinski definition) is 1. The van der Waals surface area contributed by atoms with Gasteiger partial charge in [-0.3, -0.25) is 0 Å². The van der Waals surface area contributed by atoms with Gasteiger partial charge in [-0.2, -0.15) is 13.2 Å². The Bertz CT molecular complexity index is 641. The quantitative estimate of drug-likeness (QED) is 0.690. The highest BCUT2D eigenvalue weighted by molar-refractivity contribution is 9.10. The molecule has 21 heavy (non-hydrogen) atoms. The highest BCUT2D eigenvalue weighted by Gasteiger charge is 2.31. The standard InChI is InChI=1S/C15H11Br2F3O/c16-12-3-1-2-9(7-12)14(21)8-10-6-11(15(18,19)20)4-5-13(10)17/h1-7,14,21H,8H2/t14-/m0/s1. The normalized spacial score (nSPS) is 13.2. The Labute approximate surface area is 137 Å². The summed E-state index contributed by atoms with van der Waals surface area (Å²) in [5.41, 5.74) is 0.341. The molecule has 0 spiro atoms. The minimum Gasteiger partial charge on any atom is -0.388 e. The zero-order chi connectivity index (χ0) is 15.6. The predicted molar refractivity (Wildman–Crippen MR) is 81.9 cm³/mol. The van der Waals surface area contributed by atoms with Crippen LogP contribution in [0, 0.1) is 0 Å². The smallest absolute Gasteiger partial charge is 0.388 e. The van der Waals surface area contributed by atoms with Crippen molar-refractivity contribution in [1.82, 2.24) is 0 Å². The maximum Gasteiger partial charge on any atom is 0.416 e. The van der Waals surface area contributed by atoms with Crippen LogP contribution in [0.15, 0.2) is 51.4 Å². The average Bonchev–Trinajstić information content (AvgIpc) is 2.40. The molecule has 2 rings (SSSR count). The van der Waals surface area contributed by atoms with Gasteiger partial charge in [0.25, 0.3) is 0 Å². The minimum absolute atomic E-state index is 0.0982. The summed E-state index contributed by atoms with van der Waals surface area (Å²) in [6.07, 6.45) is -5.17. The van der Waals surface area contributed by atoms with Crippen LogP contribution in [0.25, 0.3) is 0 Å². The van der Waals surface area contributed by atoms with Crippen molar-refractivity contribution in [3.8, 4) is 0 Å². The monoisotopic (exact) mass is 422 g/mol. The van der Waals surface area contributed by atoms with E-state index in [2.05, 4.69) is 31.9 Å². The molecule has 1 nitrogen and oxygen atoms in total. The van der Waals surface area contributed by atoms with Crippen LogP contribution in [0.3, 0.4) is 0 Å². The Morgan fingerprint density at radius 3 is 2.38 bits per heavy atom. The number of hydrogen-bond acceptors (Lipinski definition) is 1. The summed E-state index contributed by atoms with van der Waals surface area (Å²) in [6.45, 7) is 0. The van der Waals surface area contributed by atoms with Gasteiger partial charge in [-0.25, -0.2) is 0 Å². The van der Waals surface area contributed by atoms with E-state index in [1.807, 2.05) is 6.07 Å².